The van der Waals surface area contributed by atoms with E-state index >= 15 is 0 Å². The fraction of sp³-hybridized carbons (Fsp3) is 0.200. The van der Waals surface area contributed by atoms with Crippen LogP contribution in [0.1, 0.15) is 0 Å². The van der Waals surface area contributed by atoms with E-state index < -0.39 is 0 Å². The molecule has 1 heterocycles. The first-order valence-electron chi connectivity index (χ1n) is 3.06. The molecule has 0 atom stereocenters. The molecule has 0 aliphatic heterocycles. The van der Waals surface area contributed by atoms with Crippen LogP contribution < -0.4 is 10.5 Å². The quantitative estimate of drug-likeness (QED) is 0.179. The van der Waals surface area contributed by atoms with Gasteiger partial charge >= 0.3 is 0 Å². The molecule has 1 rings (SSSR count). The molecule has 7 nitrogen and oxygen atoms in total. The smallest absolute Gasteiger partial charge is 0.286 e. The lowest BCUT2D eigenvalue weighted by atomic mass is 10.4. The van der Waals surface area contributed by atoms with Gasteiger partial charge in [-0.05, 0) is 0 Å². The van der Waals surface area contributed by atoms with Gasteiger partial charge < -0.3 is 5.21 Å². The summed E-state index contributed by atoms with van der Waals surface area (Å²) in [5.41, 5.74) is -0.0290. The minimum Gasteiger partial charge on any atom is -0.410 e. The zero-order chi connectivity index (χ0) is 8.97. The van der Waals surface area contributed by atoms with E-state index in [1.807, 2.05) is 0 Å². The van der Waals surface area contributed by atoms with Crippen molar-refractivity contribution in [1.29, 1.82) is 5.26 Å². The molecule has 62 valence electrons. The largest absolute Gasteiger partial charge is 0.410 e. The maximum atomic E-state index is 8.37. The third-order valence-electron chi connectivity index (χ3n) is 1.16. The van der Waals surface area contributed by atoms with Crippen LogP contribution in [0.3, 0.4) is 0 Å². The Labute approximate surface area is 67.9 Å². The average molecular weight is 167 g/mol. The van der Waals surface area contributed by atoms with Crippen LogP contribution in [0.5, 0.6) is 0 Å². The van der Waals surface area contributed by atoms with Crippen molar-refractivity contribution in [3.63, 3.8) is 0 Å². The minimum absolute atomic E-state index is 0.0290. The predicted molar refractivity (Wildman–Crippen MR) is 37.4 cm³/mol. The zero-order valence-electron chi connectivity index (χ0n) is 6.12. The summed E-state index contributed by atoms with van der Waals surface area (Å²) in [6.45, 7) is 0.108. The first-order valence-corrected chi connectivity index (χ1v) is 3.06. The second kappa shape index (κ2) is 3.34. The lowest BCUT2D eigenvalue weighted by Gasteiger charge is -1.86. The summed E-state index contributed by atoms with van der Waals surface area (Å²) < 4.78 is 2.60. The molecule has 0 unspecified atom stereocenters. The maximum absolute atomic E-state index is 8.37. The van der Waals surface area contributed by atoms with Crippen LogP contribution in [0.25, 0.3) is 0 Å². The fourth-order valence-corrected chi connectivity index (χ4v) is 0.664. The molecule has 0 aliphatic carbocycles. The third kappa shape index (κ3) is 1.69. The number of hydrogen-bond acceptors (Lipinski definition) is 5. The monoisotopic (exact) mass is 167 g/mol. The molecule has 7 heteroatoms. The summed E-state index contributed by atoms with van der Waals surface area (Å²) in [5, 5.41) is 23.2. The van der Waals surface area contributed by atoms with Gasteiger partial charge in [-0.1, -0.05) is 5.16 Å². The number of rotatable bonds is 2. The van der Waals surface area contributed by atoms with Gasteiger partial charge in [0.1, 0.15) is 6.07 Å². The van der Waals surface area contributed by atoms with E-state index in [1.54, 1.807) is 6.07 Å². The number of nitrogens with two attached hydrogens (primary N) is 1. The van der Waals surface area contributed by atoms with Gasteiger partial charge in [-0.15, -0.1) is 9.36 Å². The number of oxime groups is 1. The Morgan fingerprint density at radius 3 is 3.08 bits per heavy atom. The van der Waals surface area contributed by atoms with Crippen molar-refractivity contribution in [2.24, 2.45) is 5.16 Å². The molecule has 1 aromatic heterocycles. The Bertz CT molecular complexity index is 334. The molecule has 0 saturated carbocycles. The first-order chi connectivity index (χ1) is 5.76. The minimum atomic E-state index is -0.0290. The molecule has 0 radical (unpaired) electrons. The Balaban J connectivity index is 2.71. The van der Waals surface area contributed by atoms with Gasteiger partial charge in [-0.3, -0.25) is 5.84 Å². The highest BCUT2D eigenvalue weighted by Crippen LogP contribution is 1.81. The molecule has 0 bridgehead atoms. The van der Waals surface area contributed by atoms with Crippen molar-refractivity contribution in [1.82, 2.24) is 9.78 Å². The summed E-state index contributed by atoms with van der Waals surface area (Å²) in [4.78, 5) is 0. The lowest BCUT2D eigenvalue weighted by Crippen LogP contribution is -2.42. The molecule has 12 heavy (non-hydrogen) atoms. The van der Waals surface area contributed by atoms with Crippen molar-refractivity contribution >= 4 is 5.71 Å². The van der Waals surface area contributed by atoms with E-state index in [9.17, 15) is 0 Å². The molecule has 0 spiro atoms. The fourth-order valence-electron chi connectivity index (χ4n) is 0.664. The summed E-state index contributed by atoms with van der Waals surface area (Å²) in [6.07, 6.45) is 2.83. The second-order valence-corrected chi connectivity index (χ2v) is 2.05. The van der Waals surface area contributed by atoms with Crippen LogP contribution in [-0.4, -0.2) is 20.7 Å². The SMILES string of the molecule is N#C/C(Cn1c[n+](N)cn1)=N\O. The van der Waals surface area contributed by atoms with Crippen LogP contribution in [0.15, 0.2) is 17.8 Å². The van der Waals surface area contributed by atoms with Crippen molar-refractivity contribution in [3.8, 4) is 6.07 Å². The van der Waals surface area contributed by atoms with Gasteiger partial charge in [0.15, 0.2) is 12.3 Å². The Morgan fingerprint density at radius 1 is 1.92 bits per heavy atom. The standard InChI is InChI=1S/C5H6N6O/c6-1-5(9-12)2-11-4-10(7)3-8-11/h3-4H,2,7H2/p+1/b9-5+. The summed E-state index contributed by atoms with van der Waals surface area (Å²) in [6, 6.07) is 1.70. The molecule has 0 fully saturated rings. The number of nitrogen functional groups attached to an aromatic ring is 1. The van der Waals surface area contributed by atoms with Crippen LogP contribution in [-0.2, 0) is 6.54 Å². The summed E-state index contributed by atoms with van der Waals surface area (Å²) in [7, 11) is 0. The van der Waals surface area contributed by atoms with Gasteiger partial charge in [0.05, 0.1) is 0 Å². The first kappa shape index (κ1) is 8.00. The van der Waals surface area contributed by atoms with Crippen LogP contribution in [0, 0.1) is 11.3 Å². The second-order valence-electron chi connectivity index (χ2n) is 2.05. The lowest BCUT2D eigenvalue weighted by molar-refractivity contribution is -0.639. The molecule has 1 aromatic rings. The zero-order valence-corrected chi connectivity index (χ0v) is 6.12. The highest BCUT2D eigenvalue weighted by atomic mass is 16.4. The van der Waals surface area contributed by atoms with Crippen molar-refractivity contribution in [2.75, 3.05) is 5.84 Å². The predicted octanol–water partition coefficient (Wildman–Crippen LogP) is -1.76. The van der Waals surface area contributed by atoms with Crippen LogP contribution >= 0.6 is 0 Å². The number of nitriles is 1. The summed E-state index contributed by atoms with van der Waals surface area (Å²) in [5.74, 6) is 5.29. The average Bonchev–Trinajstić information content (AvgIpc) is 2.47. The Kier molecular flexibility index (Phi) is 2.23. The Morgan fingerprint density at radius 2 is 2.67 bits per heavy atom. The molecule has 0 amide bonds. The molecule has 0 aliphatic rings. The van der Waals surface area contributed by atoms with Crippen molar-refractivity contribution < 1.29 is 9.88 Å². The van der Waals surface area contributed by atoms with E-state index in [1.165, 1.54) is 22.0 Å². The normalized spacial score (nSPS) is 11.1. The maximum Gasteiger partial charge on any atom is 0.286 e. The molecule has 0 aromatic carbocycles. The van der Waals surface area contributed by atoms with E-state index in [2.05, 4.69) is 10.3 Å². The van der Waals surface area contributed by atoms with Crippen molar-refractivity contribution in [2.45, 2.75) is 6.54 Å². The van der Waals surface area contributed by atoms with Crippen molar-refractivity contribution in [3.05, 3.63) is 12.7 Å². The van der Waals surface area contributed by atoms with Gasteiger partial charge in [0, 0.05) is 5.10 Å². The van der Waals surface area contributed by atoms with Gasteiger partial charge in [-0.2, -0.15) is 5.26 Å². The van der Waals surface area contributed by atoms with Crippen LogP contribution in [0.2, 0.25) is 0 Å². The number of hydrogen-bond donors (Lipinski definition) is 2. The van der Waals surface area contributed by atoms with E-state index in [-0.39, 0.29) is 12.3 Å². The Hall–Kier alpha value is -2.10. The van der Waals surface area contributed by atoms with E-state index in [4.69, 9.17) is 16.3 Å². The van der Waals surface area contributed by atoms with Gasteiger partial charge in [-0.25, -0.2) is 0 Å². The van der Waals surface area contributed by atoms with E-state index in [0.717, 1.165) is 0 Å². The molecule has 0 saturated heterocycles. The van der Waals surface area contributed by atoms with Gasteiger partial charge in [0.2, 0.25) is 6.33 Å². The highest BCUT2D eigenvalue weighted by molar-refractivity contribution is 5.97. The third-order valence-corrected chi connectivity index (χ3v) is 1.16. The number of aromatic nitrogens is 3. The van der Waals surface area contributed by atoms with E-state index in [0.29, 0.717) is 0 Å². The topological polar surface area (TPSA) is 104 Å². The highest BCUT2D eigenvalue weighted by Gasteiger charge is 2.07. The molecular weight excluding hydrogens is 160 g/mol. The molecular formula is C5H7N6O+. The van der Waals surface area contributed by atoms with Crippen LogP contribution in [0.4, 0.5) is 0 Å². The number of nitrogens with zero attached hydrogens (tertiary/aromatic N) is 5. The van der Waals surface area contributed by atoms with Gasteiger partial charge in [0.25, 0.3) is 6.33 Å². The summed E-state index contributed by atoms with van der Waals surface area (Å²) >= 11 is 0. The molecule has 3 N–H and O–H groups in total.